The maximum Gasteiger partial charge on any atom is 0.412 e. The van der Waals surface area contributed by atoms with Gasteiger partial charge in [-0.25, -0.2) is 4.79 Å². The Labute approximate surface area is 225 Å². The van der Waals surface area contributed by atoms with Crippen LogP contribution in [-0.4, -0.2) is 23.4 Å². The second-order valence-electron chi connectivity index (χ2n) is 8.69. The quantitative estimate of drug-likeness (QED) is 0.112. The molecule has 7 nitrogen and oxygen atoms in total. The van der Waals surface area contributed by atoms with Crippen LogP contribution in [0.15, 0.2) is 102 Å². The Hall–Kier alpha value is -4.43. The van der Waals surface area contributed by atoms with E-state index in [4.69, 9.17) is 10.5 Å². The molecule has 0 heterocycles. The topological polar surface area (TPSA) is 114 Å². The minimum atomic E-state index is -0.753. The third-order valence-corrected chi connectivity index (χ3v) is 6.80. The van der Waals surface area contributed by atoms with E-state index in [2.05, 4.69) is 10.6 Å². The van der Waals surface area contributed by atoms with Crippen LogP contribution in [0.2, 0.25) is 0 Å². The average molecular weight is 528 g/mol. The van der Waals surface area contributed by atoms with E-state index in [1.54, 1.807) is 72.4 Å². The van der Waals surface area contributed by atoms with E-state index in [1.165, 1.54) is 6.08 Å². The van der Waals surface area contributed by atoms with Crippen molar-refractivity contribution in [1.82, 2.24) is 0 Å². The molecule has 0 aromatic heterocycles. The molecule has 5 N–H and O–H groups in total. The van der Waals surface area contributed by atoms with Crippen molar-refractivity contribution in [2.75, 3.05) is 22.6 Å². The zero-order valence-electron chi connectivity index (χ0n) is 21.0. The Kier molecular flexibility index (Phi) is 8.55. The number of benzene rings is 4. The lowest BCUT2D eigenvalue weighted by Gasteiger charge is -2.24. The van der Waals surface area contributed by atoms with Gasteiger partial charge in [0.05, 0.1) is 11.4 Å². The molecule has 194 valence electrons. The van der Waals surface area contributed by atoms with E-state index < -0.39 is 18.1 Å². The van der Waals surface area contributed by atoms with Crippen molar-refractivity contribution in [3.05, 3.63) is 103 Å². The fraction of sp³-hybridized carbons (Fsp3) is 0.133. The van der Waals surface area contributed by atoms with Crippen molar-refractivity contribution < 1.29 is 19.4 Å². The van der Waals surface area contributed by atoms with Crippen LogP contribution in [0.4, 0.5) is 21.9 Å². The third kappa shape index (κ3) is 6.46. The van der Waals surface area contributed by atoms with Gasteiger partial charge in [-0.3, -0.25) is 10.1 Å². The number of nitrogens with two attached hydrogens (primary N) is 1. The molecule has 0 fully saturated rings. The highest BCUT2D eigenvalue weighted by Crippen LogP contribution is 2.36. The molecule has 0 aliphatic heterocycles. The number of ether oxygens (including phenoxy) is 1. The second kappa shape index (κ2) is 12.2. The molecule has 0 aliphatic rings. The molecule has 0 aliphatic carbocycles. The largest absolute Gasteiger partial charge is 0.507 e. The number of amides is 2. The van der Waals surface area contributed by atoms with E-state index in [-0.39, 0.29) is 11.7 Å². The van der Waals surface area contributed by atoms with Gasteiger partial charge in [0.1, 0.15) is 11.9 Å². The molecule has 4 aromatic rings. The van der Waals surface area contributed by atoms with Crippen molar-refractivity contribution in [1.29, 1.82) is 0 Å². The lowest BCUT2D eigenvalue weighted by molar-refractivity contribution is -0.111. The summed E-state index contributed by atoms with van der Waals surface area (Å²) in [7, 11) is 0. The number of phenolic OH excluding ortho intramolecular Hbond substituents is 1. The first-order chi connectivity index (χ1) is 18.4. The maximum atomic E-state index is 13.0. The number of hydrogen-bond donors (Lipinski definition) is 4. The molecule has 38 heavy (non-hydrogen) atoms. The number of anilines is 3. The molecule has 0 saturated heterocycles. The summed E-state index contributed by atoms with van der Waals surface area (Å²) in [5.41, 5.74) is 8.20. The zero-order valence-corrected chi connectivity index (χ0v) is 21.9. The van der Waals surface area contributed by atoms with Crippen LogP contribution >= 0.6 is 11.8 Å². The summed E-state index contributed by atoms with van der Waals surface area (Å²) in [5.74, 6) is -0.627. The monoisotopic (exact) mass is 527 g/mol. The average Bonchev–Trinajstić information content (AvgIpc) is 2.93. The molecule has 2 amide bonds. The van der Waals surface area contributed by atoms with Gasteiger partial charge in [-0.15, -0.1) is 11.8 Å². The molecule has 0 bridgehead atoms. The molecule has 2 atom stereocenters. The highest BCUT2D eigenvalue weighted by atomic mass is 32.2. The number of carbonyl (C=O) groups excluding carboxylic acids is 2. The zero-order chi connectivity index (χ0) is 27.1. The second-order valence-corrected chi connectivity index (χ2v) is 9.57. The number of carbonyl (C=O) groups is 2. The number of thioether (sulfide) groups is 1. The fourth-order valence-corrected chi connectivity index (χ4v) is 4.48. The lowest BCUT2D eigenvalue weighted by Crippen LogP contribution is -2.22. The number of fused-ring (bicyclic) bond motifs is 1. The highest BCUT2D eigenvalue weighted by Gasteiger charge is 2.25. The smallest absolute Gasteiger partial charge is 0.412 e. The van der Waals surface area contributed by atoms with E-state index in [9.17, 15) is 14.7 Å². The van der Waals surface area contributed by atoms with Gasteiger partial charge in [0.2, 0.25) is 5.91 Å². The van der Waals surface area contributed by atoms with Gasteiger partial charge in [-0.1, -0.05) is 55.5 Å². The summed E-state index contributed by atoms with van der Waals surface area (Å²) in [6, 6.07) is 25.1. The molecule has 8 heteroatoms. The number of rotatable bonds is 8. The molecule has 0 spiro atoms. The Bertz CT molecular complexity index is 1470. The molecule has 0 unspecified atom stereocenters. The third-order valence-electron chi connectivity index (χ3n) is 6.06. The summed E-state index contributed by atoms with van der Waals surface area (Å²) >= 11 is 1.61. The first kappa shape index (κ1) is 26.6. The maximum absolute atomic E-state index is 13.0. The summed E-state index contributed by atoms with van der Waals surface area (Å²) in [4.78, 5) is 26.6. The molecular weight excluding hydrogens is 498 g/mol. The van der Waals surface area contributed by atoms with Crippen molar-refractivity contribution in [3.8, 4) is 5.75 Å². The molecular formula is C30H29N3O4S. The lowest BCUT2D eigenvalue weighted by atomic mass is 9.92. The van der Waals surface area contributed by atoms with E-state index in [0.29, 0.717) is 28.0 Å². The SMILES string of the molecule is CSc1ccc(NC(=O)O[C@@H](c2ccc(O)c3ccccc23)[C@H](C)/C=C/C(=O)Nc2ccccc2N)cc1. The number of aromatic hydroxyl groups is 1. The van der Waals surface area contributed by atoms with Crippen LogP contribution in [0.3, 0.4) is 0 Å². The minimum Gasteiger partial charge on any atom is -0.507 e. The van der Waals surface area contributed by atoms with Crippen LogP contribution in [-0.2, 0) is 9.53 Å². The number of para-hydroxylation sites is 2. The fourth-order valence-electron chi connectivity index (χ4n) is 4.07. The Morgan fingerprint density at radius 3 is 2.32 bits per heavy atom. The Morgan fingerprint density at radius 1 is 0.921 bits per heavy atom. The first-order valence-electron chi connectivity index (χ1n) is 12.0. The number of nitrogens with one attached hydrogen (secondary N) is 2. The molecule has 0 radical (unpaired) electrons. The van der Waals surface area contributed by atoms with Gasteiger partial charge in [-0.2, -0.15) is 0 Å². The minimum absolute atomic E-state index is 0.129. The predicted octanol–water partition coefficient (Wildman–Crippen LogP) is 6.97. The standard InChI is InChI=1S/C30H29N3O4S/c1-19(11-18-28(35)33-26-10-6-5-9-25(26)31)29(24-16-17-27(34)23-8-4-3-7-22(23)24)37-30(36)32-20-12-14-21(38-2)15-13-20/h3-19,29,34H,31H2,1-2H3,(H,32,36)(H,33,35)/b18-11+/t19-,29-/m1/s1. The molecule has 4 aromatic carbocycles. The van der Waals surface area contributed by atoms with E-state index in [0.717, 1.165) is 10.3 Å². The van der Waals surface area contributed by atoms with Crippen LogP contribution in [0.5, 0.6) is 5.75 Å². The van der Waals surface area contributed by atoms with Crippen molar-refractivity contribution in [2.24, 2.45) is 5.92 Å². The van der Waals surface area contributed by atoms with Crippen LogP contribution in [0.25, 0.3) is 10.8 Å². The van der Waals surface area contributed by atoms with E-state index >= 15 is 0 Å². The van der Waals surface area contributed by atoms with Gasteiger partial charge in [0.25, 0.3) is 0 Å². The Balaban J connectivity index is 1.59. The summed E-state index contributed by atoms with van der Waals surface area (Å²) < 4.78 is 5.94. The van der Waals surface area contributed by atoms with Gasteiger partial charge in [-0.05, 0) is 60.2 Å². The van der Waals surface area contributed by atoms with Gasteiger partial charge < -0.3 is 20.9 Å². The van der Waals surface area contributed by atoms with Crippen LogP contribution in [0.1, 0.15) is 18.6 Å². The number of hydrogen-bond acceptors (Lipinski definition) is 6. The van der Waals surface area contributed by atoms with Gasteiger partial charge in [0, 0.05) is 27.5 Å². The summed E-state index contributed by atoms with van der Waals surface area (Å²) in [6.07, 6.45) is 3.67. The van der Waals surface area contributed by atoms with Crippen molar-refractivity contribution in [3.63, 3.8) is 0 Å². The van der Waals surface area contributed by atoms with Crippen molar-refractivity contribution >= 4 is 51.6 Å². The van der Waals surface area contributed by atoms with Crippen molar-refractivity contribution in [2.45, 2.75) is 17.9 Å². The van der Waals surface area contributed by atoms with Crippen LogP contribution < -0.4 is 16.4 Å². The van der Waals surface area contributed by atoms with Gasteiger partial charge >= 0.3 is 6.09 Å². The Morgan fingerprint density at radius 2 is 1.61 bits per heavy atom. The number of nitrogen functional groups attached to an aromatic ring is 1. The summed E-state index contributed by atoms with van der Waals surface area (Å²) in [6.45, 7) is 1.85. The van der Waals surface area contributed by atoms with Gasteiger partial charge in [0.15, 0.2) is 0 Å². The highest BCUT2D eigenvalue weighted by molar-refractivity contribution is 7.98. The van der Waals surface area contributed by atoms with Crippen LogP contribution in [0, 0.1) is 5.92 Å². The normalized spacial score (nSPS) is 12.7. The summed E-state index contributed by atoms with van der Waals surface area (Å²) in [5, 5.41) is 17.3. The van der Waals surface area contributed by atoms with E-state index in [1.807, 2.05) is 43.5 Å². The molecule has 0 saturated carbocycles. The predicted molar refractivity (Wildman–Crippen MR) is 154 cm³/mol. The molecule has 4 rings (SSSR count). The number of phenols is 1. The first-order valence-corrected chi connectivity index (χ1v) is 13.2.